The van der Waals surface area contributed by atoms with E-state index >= 15 is 0 Å². The van der Waals surface area contributed by atoms with E-state index in [-0.39, 0.29) is 11.5 Å². The normalized spacial score (nSPS) is 26.5. The lowest BCUT2D eigenvalue weighted by Gasteiger charge is -2.44. The third-order valence-corrected chi connectivity index (χ3v) is 5.54. The van der Waals surface area contributed by atoms with Crippen molar-refractivity contribution in [1.82, 2.24) is 10.2 Å². The second-order valence-corrected chi connectivity index (χ2v) is 7.07. The number of hydrogen-bond donors (Lipinski definition) is 1. The summed E-state index contributed by atoms with van der Waals surface area (Å²) in [5.74, 6) is 2.99. The largest absolute Gasteiger partial charge is 0.480 e. The Morgan fingerprint density at radius 3 is 2.86 bits per heavy atom. The van der Waals surface area contributed by atoms with Crippen LogP contribution in [0.3, 0.4) is 0 Å². The zero-order valence-electron chi connectivity index (χ0n) is 12.3. The van der Waals surface area contributed by atoms with E-state index in [1.807, 2.05) is 11.8 Å². The molecule has 3 rings (SSSR count). The van der Waals surface area contributed by atoms with Crippen LogP contribution in [-0.4, -0.2) is 46.1 Å². The van der Waals surface area contributed by atoms with Gasteiger partial charge in [0.15, 0.2) is 0 Å². The highest BCUT2D eigenvalue weighted by molar-refractivity contribution is 7.99. The maximum absolute atomic E-state index is 10.6. The number of methoxy groups -OCH3 is 1. The smallest absolute Gasteiger partial charge is 0.233 e. The number of ether oxygens (including phenoxy) is 2. The molecule has 1 aromatic heterocycles. The number of rotatable bonds is 3. The number of aliphatic hydroxyl groups excluding tert-OH is 1. The molecule has 1 aromatic rings. The molecule has 2 aliphatic rings. The number of aliphatic hydroxyl groups is 1. The first-order valence-electron chi connectivity index (χ1n) is 7.50. The maximum atomic E-state index is 10.6. The molecule has 6 heteroatoms. The molecule has 2 atom stereocenters. The summed E-state index contributed by atoms with van der Waals surface area (Å²) >= 11 is 1.99. The zero-order valence-corrected chi connectivity index (χ0v) is 13.1. The van der Waals surface area contributed by atoms with Crippen molar-refractivity contribution >= 4 is 11.8 Å². The van der Waals surface area contributed by atoms with Gasteiger partial charge in [0.2, 0.25) is 5.88 Å². The minimum absolute atomic E-state index is 0.0188. The Hall–Kier alpha value is -0.850. The lowest BCUT2D eigenvalue weighted by atomic mass is 9.79. The molecule has 116 valence electrons. The van der Waals surface area contributed by atoms with E-state index in [2.05, 4.69) is 10.2 Å². The van der Waals surface area contributed by atoms with Crippen molar-refractivity contribution < 1.29 is 14.6 Å². The van der Waals surface area contributed by atoms with Gasteiger partial charge in [-0.05, 0) is 49.2 Å². The van der Waals surface area contributed by atoms with Crippen LogP contribution in [0.4, 0.5) is 0 Å². The Kier molecular flexibility index (Phi) is 4.66. The first-order valence-corrected chi connectivity index (χ1v) is 8.65. The summed E-state index contributed by atoms with van der Waals surface area (Å²) in [4.78, 5) is 0. The van der Waals surface area contributed by atoms with Gasteiger partial charge in [-0.15, -0.1) is 10.2 Å². The molecule has 1 N–H and O–H groups in total. The molecule has 5 nitrogen and oxygen atoms in total. The van der Waals surface area contributed by atoms with E-state index < -0.39 is 6.10 Å². The topological polar surface area (TPSA) is 64.5 Å². The van der Waals surface area contributed by atoms with Crippen LogP contribution in [0.5, 0.6) is 5.88 Å². The quantitative estimate of drug-likeness (QED) is 0.923. The van der Waals surface area contributed by atoms with E-state index in [0.29, 0.717) is 11.6 Å². The van der Waals surface area contributed by atoms with Gasteiger partial charge in [-0.25, -0.2) is 0 Å². The fourth-order valence-corrected chi connectivity index (χ4v) is 4.50. The Morgan fingerprint density at radius 1 is 1.38 bits per heavy atom. The fourth-order valence-electron chi connectivity index (χ4n) is 3.27. The molecule has 0 bridgehead atoms. The minimum atomic E-state index is -0.571. The van der Waals surface area contributed by atoms with Crippen LogP contribution in [0.2, 0.25) is 0 Å². The highest BCUT2D eigenvalue weighted by Gasteiger charge is 2.41. The van der Waals surface area contributed by atoms with Crippen LogP contribution in [0.1, 0.15) is 37.5 Å². The number of nitrogens with zero attached hydrogens (tertiary/aromatic N) is 2. The highest BCUT2D eigenvalue weighted by Crippen LogP contribution is 2.43. The predicted molar refractivity (Wildman–Crippen MR) is 81.5 cm³/mol. The van der Waals surface area contributed by atoms with Gasteiger partial charge in [0.1, 0.15) is 6.10 Å². The van der Waals surface area contributed by atoms with Gasteiger partial charge in [0.05, 0.1) is 18.4 Å². The summed E-state index contributed by atoms with van der Waals surface area (Å²) < 4.78 is 11.1. The molecule has 2 aliphatic heterocycles. The molecule has 0 amide bonds. The summed E-state index contributed by atoms with van der Waals surface area (Å²) in [7, 11) is 1.56. The summed E-state index contributed by atoms with van der Waals surface area (Å²) in [6.07, 6.45) is 3.41. The summed E-state index contributed by atoms with van der Waals surface area (Å²) in [5.41, 5.74) is 0.609. The van der Waals surface area contributed by atoms with Gasteiger partial charge in [0, 0.05) is 12.7 Å². The summed E-state index contributed by atoms with van der Waals surface area (Å²) in [5, 5.41) is 18.7. The summed E-state index contributed by atoms with van der Waals surface area (Å²) in [6, 6.07) is 3.55. The van der Waals surface area contributed by atoms with Crippen LogP contribution in [0.25, 0.3) is 0 Å². The van der Waals surface area contributed by atoms with E-state index in [1.54, 1.807) is 19.2 Å². The Labute approximate surface area is 129 Å². The van der Waals surface area contributed by atoms with E-state index in [1.165, 1.54) is 0 Å². The molecule has 2 saturated heterocycles. The van der Waals surface area contributed by atoms with Gasteiger partial charge in [-0.2, -0.15) is 11.8 Å². The van der Waals surface area contributed by atoms with E-state index in [0.717, 1.165) is 43.8 Å². The van der Waals surface area contributed by atoms with Crippen molar-refractivity contribution in [3.8, 4) is 5.88 Å². The third-order valence-electron chi connectivity index (χ3n) is 4.55. The number of aromatic nitrogens is 2. The second-order valence-electron chi connectivity index (χ2n) is 5.84. The predicted octanol–water partition coefficient (Wildman–Crippen LogP) is 2.21. The van der Waals surface area contributed by atoms with E-state index in [9.17, 15) is 5.11 Å². The van der Waals surface area contributed by atoms with Gasteiger partial charge < -0.3 is 14.6 Å². The molecule has 21 heavy (non-hydrogen) atoms. The monoisotopic (exact) mass is 310 g/mol. The van der Waals surface area contributed by atoms with Crippen LogP contribution >= 0.6 is 11.8 Å². The van der Waals surface area contributed by atoms with Crippen LogP contribution < -0.4 is 4.74 Å². The van der Waals surface area contributed by atoms with Gasteiger partial charge in [0.25, 0.3) is 0 Å². The lowest BCUT2D eigenvalue weighted by molar-refractivity contribution is -0.121. The Balaban J connectivity index is 1.69. The number of thioether (sulfide) groups is 1. The minimum Gasteiger partial charge on any atom is -0.480 e. The van der Waals surface area contributed by atoms with Crippen molar-refractivity contribution in [3.63, 3.8) is 0 Å². The van der Waals surface area contributed by atoms with E-state index in [4.69, 9.17) is 9.47 Å². The summed E-state index contributed by atoms with van der Waals surface area (Å²) in [6.45, 7) is 0.732. The molecular weight excluding hydrogens is 288 g/mol. The SMILES string of the molecule is COc1ccc(C(O)C2CCOC3(CCSCC3)C2)nn1. The molecule has 2 fully saturated rings. The van der Waals surface area contributed by atoms with Crippen molar-refractivity contribution in [3.05, 3.63) is 17.8 Å². The van der Waals surface area contributed by atoms with Crippen molar-refractivity contribution in [2.24, 2.45) is 5.92 Å². The molecule has 2 unspecified atom stereocenters. The van der Waals surface area contributed by atoms with Crippen molar-refractivity contribution in [1.29, 1.82) is 0 Å². The van der Waals surface area contributed by atoms with Crippen LogP contribution in [0.15, 0.2) is 12.1 Å². The third kappa shape index (κ3) is 3.33. The van der Waals surface area contributed by atoms with Crippen molar-refractivity contribution in [2.45, 2.75) is 37.4 Å². The van der Waals surface area contributed by atoms with Gasteiger partial charge in [-0.3, -0.25) is 0 Å². The van der Waals surface area contributed by atoms with Crippen LogP contribution in [0, 0.1) is 5.92 Å². The molecule has 0 aromatic carbocycles. The Morgan fingerprint density at radius 2 is 2.19 bits per heavy atom. The highest BCUT2D eigenvalue weighted by atomic mass is 32.2. The average molecular weight is 310 g/mol. The maximum Gasteiger partial charge on any atom is 0.233 e. The zero-order chi connectivity index (χ0) is 14.7. The molecule has 1 spiro atoms. The molecule has 0 radical (unpaired) electrons. The molecule has 3 heterocycles. The second kappa shape index (κ2) is 6.50. The molecular formula is C15H22N2O3S. The van der Waals surface area contributed by atoms with Gasteiger partial charge in [-0.1, -0.05) is 0 Å². The van der Waals surface area contributed by atoms with Crippen LogP contribution in [-0.2, 0) is 4.74 Å². The fraction of sp³-hybridized carbons (Fsp3) is 0.733. The molecule has 0 aliphatic carbocycles. The first-order chi connectivity index (χ1) is 10.2. The van der Waals surface area contributed by atoms with Gasteiger partial charge >= 0.3 is 0 Å². The number of hydrogen-bond acceptors (Lipinski definition) is 6. The first kappa shape index (κ1) is 15.1. The Bertz CT molecular complexity index is 457. The average Bonchev–Trinajstić information content (AvgIpc) is 2.55. The lowest BCUT2D eigenvalue weighted by Crippen LogP contribution is -2.44. The molecule has 0 saturated carbocycles. The van der Waals surface area contributed by atoms with Crippen molar-refractivity contribution in [2.75, 3.05) is 25.2 Å². The standard InChI is InChI=1S/C15H22N2O3S/c1-19-13-3-2-12(16-17-13)14(18)11-4-7-20-15(10-11)5-8-21-9-6-15/h2-3,11,14,18H,4-10H2,1H3.